The third kappa shape index (κ3) is 5.20. The molecule has 1 saturated heterocycles. The van der Waals surface area contributed by atoms with Gasteiger partial charge in [-0.25, -0.2) is 0 Å². The molecule has 1 rings (SSSR count). The summed E-state index contributed by atoms with van der Waals surface area (Å²) in [6.45, 7) is 12.1. The molecule has 5 heteroatoms. The average molecular weight is 327 g/mol. The molecule has 0 saturated carbocycles. The minimum absolute atomic E-state index is 0.113. The third-order valence-electron chi connectivity index (χ3n) is 4.54. The molecular weight excluding hydrogens is 294 g/mol. The summed E-state index contributed by atoms with van der Waals surface area (Å²) in [7, 11) is 1.32. The van der Waals surface area contributed by atoms with Gasteiger partial charge in [-0.05, 0) is 41.0 Å². The van der Waals surface area contributed by atoms with E-state index in [1.807, 2.05) is 6.92 Å². The normalized spacial score (nSPS) is 22.9. The van der Waals surface area contributed by atoms with Crippen molar-refractivity contribution in [2.24, 2.45) is 5.41 Å². The SMILES string of the molecule is CCCCC(C)(C(=O)OC)C(=O)OC1CC(C)(C)NC(C)(C)C1. The number of hydrogen-bond donors (Lipinski definition) is 1. The van der Waals surface area contributed by atoms with Gasteiger partial charge in [-0.15, -0.1) is 0 Å². The van der Waals surface area contributed by atoms with E-state index in [1.165, 1.54) is 7.11 Å². The van der Waals surface area contributed by atoms with Crippen LogP contribution in [0.3, 0.4) is 0 Å². The molecule has 1 heterocycles. The number of carbonyl (C=O) groups is 2. The summed E-state index contributed by atoms with van der Waals surface area (Å²) in [5, 5.41) is 3.56. The zero-order valence-electron chi connectivity index (χ0n) is 15.7. The van der Waals surface area contributed by atoms with E-state index in [9.17, 15) is 9.59 Å². The van der Waals surface area contributed by atoms with Gasteiger partial charge < -0.3 is 14.8 Å². The molecule has 1 aliphatic rings. The van der Waals surface area contributed by atoms with E-state index in [1.54, 1.807) is 6.92 Å². The van der Waals surface area contributed by atoms with E-state index in [0.717, 1.165) is 25.7 Å². The van der Waals surface area contributed by atoms with Crippen LogP contribution >= 0.6 is 0 Å². The molecule has 23 heavy (non-hydrogen) atoms. The predicted octanol–water partition coefficient (Wildman–Crippen LogP) is 3.21. The van der Waals surface area contributed by atoms with Crippen molar-refractivity contribution < 1.29 is 19.1 Å². The van der Waals surface area contributed by atoms with Gasteiger partial charge in [0.1, 0.15) is 6.10 Å². The fraction of sp³-hybridized carbons (Fsp3) is 0.889. The summed E-state index contributed by atoms with van der Waals surface area (Å²) in [5.74, 6) is -0.972. The highest BCUT2D eigenvalue weighted by molar-refractivity contribution is 5.99. The number of ether oxygens (including phenoxy) is 2. The van der Waals surface area contributed by atoms with Crippen LogP contribution in [0.2, 0.25) is 0 Å². The quantitative estimate of drug-likeness (QED) is 0.599. The Balaban J connectivity index is 2.87. The average Bonchev–Trinajstić information content (AvgIpc) is 2.40. The van der Waals surface area contributed by atoms with Crippen LogP contribution in [0.5, 0.6) is 0 Å². The van der Waals surface area contributed by atoms with E-state index >= 15 is 0 Å². The Morgan fingerprint density at radius 2 is 1.65 bits per heavy atom. The van der Waals surface area contributed by atoms with Gasteiger partial charge in [0.25, 0.3) is 0 Å². The van der Waals surface area contributed by atoms with Crippen LogP contribution in [0, 0.1) is 5.41 Å². The topological polar surface area (TPSA) is 64.6 Å². The molecule has 1 N–H and O–H groups in total. The van der Waals surface area contributed by atoms with Crippen molar-refractivity contribution >= 4 is 11.9 Å². The first kappa shape index (κ1) is 19.9. The van der Waals surface area contributed by atoms with Gasteiger partial charge in [0.2, 0.25) is 0 Å². The largest absolute Gasteiger partial charge is 0.468 e. The monoisotopic (exact) mass is 327 g/mol. The Morgan fingerprint density at radius 3 is 2.09 bits per heavy atom. The molecule has 0 aromatic rings. The van der Waals surface area contributed by atoms with Crippen molar-refractivity contribution in [2.75, 3.05) is 7.11 Å². The second kappa shape index (κ2) is 7.20. The third-order valence-corrected chi connectivity index (χ3v) is 4.54. The first-order chi connectivity index (χ1) is 10.5. The van der Waals surface area contributed by atoms with Crippen molar-refractivity contribution in [3.63, 3.8) is 0 Å². The minimum atomic E-state index is -1.22. The van der Waals surface area contributed by atoms with Crippen LogP contribution in [0.1, 0.15) is 73.6 Å². The van der Waals surface area contributed by atoms with Crippen LogP contribution in [-0.2, 0) is 19.1 Å². The van der Waals surface area contributed by atoms with Gasteiger partial charge in [-0.2, -0.15) is 0 Å². The standard InChI is InChI=1S/C18H33NO4/c1-8-9-10-18(6,14(20)22-7)15(21)23-13-11-16(2,3)19-17(4,5)12-13/h13,19H,8-12H2,1-7H3. The maximum absolute atomic E-state index is 12.7. The van der Waals surface area contributed by atoms with Crippen molar-refractivity contribution in [1.82, 2.24) is 5.32 Å². The lowest BCUT2D eigenvalue weighted by Gasteiger charge is -2.46. The van der Waals surface area contributed by atoms with Crippen molar-refractivity contribution in [1.29, 1.82) is 0 Å². The summed E-state index contributed by atoms with van der Waals surface area (Å²) in [4.78, 5) is 24.9. The maximum atomic E-state index is 12.7. The summed E-state index contributed by atoms with van der Waals surface area (Å²) in [6.07, 6.45) is 3.41. The Hall–Kier alpha value is -1.10. The highest BCUT2D eigenvalue weighted by Crippen LogP contribution is 2.34. The lowest BCUT2D eigenvalue weighted by molar-refractivity contribution is -0.176. The fourth-order valence-corrected chi connectivity index (χ4v) is 3.64. The molecule has 1 atom stereocenters. The number of methoxy groups -OCH3 is 1. The van der Waals surface area contributed by atoms with Gasteiger partial charge in [0, 0.05) is 23.9 Å². The summed E-state index contributed by atoms with van der Waals surface area (Å²) in [6, 6.07) is 0. The van der Waals surface area contributed by atoms with Gasteiger partial charge >= 0.3 is 11.9 Å². The zero-order chi connectivity index (χ0) is 17.9. The molecule has 1 aliphatic heterocycles. The fourth-order valence-electron chi connectivity index (χ4n) is 3.64. The molecule has 134 valence electrons. The minimum Gasteiger partial charge on any atom is -0.468 e. The Kier molecular flexibility index (Phi) is 6.25. The maximum Gasteiger partial charge on any atom is 0.323 e. The molecule has 0 bridgehead atoms. The molecular formula is C18H33NO4. The van der Waals surface area contributed by atoms with Crippen LogP contribution in [-0.4, -0.2) is 36.2 Å². The number of rotatable bonds is 6. The highest BCUT2D eigenvalue weighted by Gasteiger charge is 2.46. The summed E-state index contributed by atoms with van der Waals surface area (Å²) in [5.41, 5.74) is -1.44. The molecule has 5 nitrogen and oxygen atoms in total. The molecule has 1 unspecified atom stereocenters. The number of unbranched alkanes of at least 4 members (excludes halogenated alkanes) is 1. The van der Waals surface area contributed by atoms with Crippen LogP contribution in [0.4, 0.5) is 0 Å². The highest BCUT2D eigenvalue weighted by atomic mass is 16.6. The lowest BCUT2D eigenvalue weighted by Crippen LogP contribution is -2.60. The van der Waals surface area contributed by atoms with Gasteiger partial charge in [-0.1, -0.05) is 19.8 Å². The predicted molar refractivity (Wildman–Crippen MR) is 90.1 cm³/mol. The molecule has 1 fully saturated rings. The number of carbonyl (C=O) groups excluding carboxylic acids is 2. The van der Waals surface area contributed by atoms with Crippen molar-refractivity contribution in [3.05, 3.63) is 0 Å². The summed E-state index contributed by atoms with van der Waals surface area (Å²) < 4.78 is 10.6. The molecule has 0 amide bonds. The zero-order valence-corrected chi connectivity index (χ0v) is 15.7. The Morgan fingerprint density at radius 1 is 1.13 bits per heavy atom. The summed E-state index contributed by atoms with van der Waals surface area (Å²) >= 11 is 0. The van der Waals surface area contributed by atoms with E-state index in [-0.39, 0.29) is 17.2 Å². The second-order valence-corrected chi connectivity index (χ2v) is 8.26. The van der Waals surface area contributed by atoms with Gasteiger partial charge in [0.15, 0.2) is 5.41 Å². The lowest BCUT2D eigenvalue weighted by atomic mass is 9.80. The number of esters is 2. The molecule has 0 radical (unpaired) electrons. The first-order valence-corrected chi connectivity index (χ1v) is 8.54. The van der Waals surface area contributed by atoms with Crippen LogP contribution < -0.4 is 5.32 Å². The van der Waals surface area contributed by atoms with Crippen LogP contribution in [0.25, 0.3) is 0 Å². The Labute approximate surface area is 140 Å². The van der Waals surface area contributed by atoms with E-state index in [2.05, 4.69) is 33.0 Å². The van der Waals surface area contributed by atoms with E-state index in [0.29, 0.717) is 6.42 Å². The number of hydrogen-bond acceptors (Lipinski definition) is 5. The smallest absolute Gasteiger partial charge is 0.323 e. The van der Waals surface area contributed by atoms with E-state index in [4.69, 9.17) is 9.47 Å². The molecule has 0 spiro atoms. The van der Waals surface area contributed by atoms with Gasteiger partial charge in [0.05, 0.1) is 7.11 Å². The first-order valence-electron chi connectivity index (χ1n) is 8.54. The van der Waals surface area contributed by atoms with Gasteiger partial charge in [-0.3, -0.25) is 9.59 Å². The number of nitrogens with one attached hydrogen (secondary N) is 1. The second-order valence-electron chi connectivity index (χ2n) is 8.26. The van der Waals surface area contributed by atoms with E-state index < -0.39 is 17.4 Å². The molecule has 0 aromatic carbocycles. The van der Waals surface area contributed by atoms with Crippen molar-refractivity contribution in [2.45, 2.75) is 90.8 Å². The Bertz CT molecular complexity index is 428. The molecule has 0 aliphatic carbocycles. The van der Waals surface area contributed by atoms with Crippen molar-refractivity contribution in [3.8, 4) is 0 Å². The number of piperidine rings is 1. The molecule has 0 aromatic heterocycles. The van der Waals surface area contributed by atoms with Crippen LogP contribution in [0.15, 0.2) is 0 Å².